The van der Waals surface area contributed by atoms with Gasteiger partial charge in [0.2, 0.25) is 0 Å². The van der Waals surface area contributed by atoms with Gasteiger partial charge in [-0.15, -0.1) is 11.3 Å². The van der Waals surface area contributed by atoms with E-state index in [9.17, 15) is 8.42 Å². The van der Waals surface area contributed by atoms with E-state index in [0.717, 1.165) is 17.8 Å². The first-order chi connectivity index (χ1) is 8.07. The fourth-order valence-electron chi connectivity index (χ4n) is 1.82. The summed E-state index contributed by atoms with van der Waals surface area (Å²) >= 11 is 1.12. The molecule has 0 radical (unpaired) electrons. The van der Waals surface area contributed by atoms with Crippen LogP contribution in [0, 0.1) is 0 Å². The molecule has 0 spiro atoms. The molecule has 96 valence electrons. The summed E-state index contributed by atoms with van der Waals surface area (Å²) < 4.78 is 31.3. The summed E-state index contributed by atoms with van der Waals surface area (Å²) in [7, 11) is -1.82. The molecule has 2 rings (SSSR count). The second kappa shape index (κ2) is 5.03. The molecule has 1 N–H and O–H groups in total. The summed E-state index contributed by atoms with van der Waals surface area (Å²) in [6, 6.07) is 3.19. The summed E-state index contributed by atoms with van der Waals surface area (Å²) in [6.07, 6.45) is 0.718. The lowest BCUT2D eigenvalue weighted by molar-refractivity contribution is 0.115. The second-order valence-corrected chi connectivity index (χ2v) is 7.22. The first-order valence-electron chi connectivity index (χ1n) is 5.30. The summed E-state index contributed by atoms with van der Waals surface area (Å²) in [5, 5.41) is 8.94. The molecule has 1 fully saturated rings. The molecule has 1 aliphatic rings. The topological polar surface area (TPSA) is 66.8 Å². The van der Waals surface area contributed by atoms with Gasteiger partial charge in [0, 0.05) is 25.1 Å². The molecule has 1 aromatic rings. The Kier molecular flexibility index (Phi) is 3.84. The van der Waals surface area contributed by atoms with Crippen LogP contribution in [0.3, 0.4) is 0 Å². The average molecular weight is 277 g/mol. The zero-order valence-corrected chi connectivity index (χ0v) is 11.1. The number of rotatable bonds is 4. The molecular weight excluding hydrogens is 262 g/mol. The zero-order valence-electron chi connectivity index (χ0n) is 9.50. The van der Waals surface area contributed by atoms with Gasteiger partial charge in [-0.2, -0.15) is 4.31 Å². The number of thiophene rings is 1. The highest BCUT2D eigenvalue weighted by Crippen LogP contribution is 2.27. The van der Waals surface area contributed by atoms with Crippen LogP contribution in [0.4, 0.5) is 0 Å². The summed E-state index contributed by atoms with van der Waals surface area (Å²) in [5.41, 5.74) is 0. The Bertz CT molecular complexity index is 482. The molecule has 0 saturated carbocycles. The molecule has 1 aromatic heterocycles. The maximum atomic E-state index is 12.2. The molecule has 0 bridgehead atoms. The van der Waals surface area contributed by atoms with Crippen LogP contribution in [0.15, 0.2) is 16.3 Å². The molecule has 5 nitrogen and oxygen atoms in total. The van der Waals surface area contributed by atoms with E-state index < -0.39 is 10.0 Å². The molecule has 0 amide bonds. The average Bonchev–Trinajstić information content (AvgIpc) is 2.98. The van der Waals surface area contributed by atoms with Crippen molar-refractivity contribution in [3.05, 3.63) is 17.0 Å². The smallest absolute Gasteiger partial charge is 0.252 e. The molecule has 0 aliphatic carbocycles. The zero-order chi connectivity index (χ0) is 12.5. The van der Waals surface area contributed by atoms with Gasteiger partial charge in [-0.1, -0.05) is 0 Å². The van der Waals surface area contributed by atoms with Crippen molar-refractivity contribution in [1.29, 1.82) is 0 Å². The molecule has 7 heteroatoms. The molecule has 1 atom stereocenters. The third kappa shape index (κ3) is 2.53. The number of ether oxygens (including phenoxy) is 1. The Balaban J connectivity index is 2.19. The van der Waals surface area contributed by atoms with Crippen LogP contribution in [0.1, 0.15) is 11.3 Å². The van der Waals surface area contributed by atoms with Crippen LogP contribution >= 0.6 is 11.3 Å². The lowest BCUT2D eigenvalue weighted by atomic mass is 10.3. The third-order valence-corrected chi connectivity index (χ3v) is 6.23. The van der Waals surface area contributed by atoms with E-state index in [-0.39, 0.29) is 12.7 Å². The van der Waals surface area contributed by atoms with Gasteiger partial charge < -0.3 is 9.84 Å². The predicted octanol–water partition coefficient (Wildman–Crippen LogP) is 0.650. The molecule has 2 heterocycles. The second-order valence-electron chi connectivity index (χ2n) is 3.89. The highest BCUT2D eigenvalue weighted by atomic mass is 32.2. The van der Waals surface area contributed by atoms with Crippen molar-refractivity contribution >= 4 is 21.4 Å². The van der Waals surface area contributed by atoms with E-state index in [1.54, 1.807) is 19.2 Å². The van der Waals surface area contributed by atoms with E-state index in [1.165, 1.54) is 4.31 Å². The van der Waals surface area contributed by atoms with Gasteiger partial charge in [-0.3, -0.25) is 0 Å². The first kappa shape index (κ1) is 13.0. The van der Waals surface area contributed by atoms with E-state index in [1.807, 2.05) is 0 Å². The molecule has 1 unspecified atom stereocenters. The van der Waals surface area contributed by atoms with Crippen LogP contribution in [0.25, 0.3) is 0 Å². The quantitative estimate of drug-likeness (QED) is 0.877. The van der Waals surface area contributed by atoms with Gasteiger partial charge >= 0.3 is 0 Å². The van der Waals surface area contributed by atoms with E-state index >= 15 is 0 Å². The number of methoxy groups -OCH3 is 1. The summed E-state index contributed by atoms with van der Waals surface area (Å²) in [6.45, 7) is 0.777. The Morgan fingerprint density at radius 1 is 1.59 bits per heavy atom. The van der Waals surface area contributed by atoms with Crippen molar-refractivity contribution in [3.63, 3.8) is 0 Å². The molecule has 1 aliphatic heterocycles. The Labute approximate surface area is 105 Å². The van der Waals surface area contributed by atoms with Crippen LogP contribution in [0.5, 0.6) is 0 Å². The number of aliphatic hydroxyl groups is 1. The highest BCUT2D eigenvalue weighted by Gasteiger charge is 2.33. The maximum absolute atomic E-state index is 12.2. The van der Waals surface area contributed by atoms with Gasteiger partial charge in [-0.05, 0) is 18.6 Å². The lowest BCUT2D eigenvalue weighted by Gasteiger charge is -2.14. The van der Waals surface area contributed by atoms with Gasteiger partial charge in [0.05, 0.1) is 12.7 Å². The van der Waals surface area contributed by atoms with E-state index in [0.29, 0.717) is 22.2 Å². The SMILES string of the molecule is COC1CCN(S(=O)(=O)c2ccc(CO)s2)C1. The van der Waals surface area contributed by atoms with Crippen LogP contribution in [0.2, 0.25) is 0 Å². The minimum atomic E-state index is -3.41. The minimum Gasteiger partial charge on any atom is -0.391 e. The van der Waals surface area contributed by atoms with Gasteiger partial charge in [0.25, 0.3) is 10.0 Å². The van der Waals surface area contributed by atoms with Crippen molar-refractivity contribution < 1.29 is 18.3 Å². The van der Waals surface area contributed by atoms with Crippen molar-refractivity contribution in [2.75, 3.05) is 20.2 Å². The van der Waals surface area contributed by atoms with E-state index in [2.05, 4.69) is 0 Å². The Morgan fingerprint density at radius 2 is 2.35 bits per heavy atom. The Morgan fingerprint density at radius 3 is 2.88 bits per heavy atom. The van der Waals surface area contributed by atoms with Gasteiger partial charge in [-0.25, -0.2) is 8.42 Å². The minimum absolute atomic E-state index is 0.0120. The summed E-state index contributed by atoms with van der Waals surface area (Å²) in [4.78, 5) is 0.658. The fourth-order valence-corrected chi connectivity index (χ4v) is 4.67. The third-order valence-electron chi connectivity index (χ3n) is 2.83. The molecule has 1 saturated heterocycles. The monoisotopic (exact) mass is 277 g/mol. The normalized spacial score (nSPS) is 22.1. The number of sulfonamides is 1. The maximum Gasteiger partial charge on any atom is 0.252 e. The first-order valence-corrected chi connectivity index (χ1v) is 7.56. The highest BCUT2D eigenvalue weighted by molar-refractivity contribution is 7.91. The fraction of sp³-hybridized carbons (Fsp3) is 0.600. The Hall–Kier alpha value is -0.470. The number of aliphatic hydroxyl groups excluding tert-OH is 1. The molecule has 17 heavy (non-hydrogen) atoms. The largest absolute Gasteiger partial charge is 0.391 e. The van der Waals surface area contributed by atoms with Crippen molar-refractivity contribution in [3.8, 4) is 0 Å². The number of hydrogen-bond acceptors (Lipinski definition) is 5. The van der Waals surface area contributed by atoms with Gasteiger partial charge in [0.1, 0.15) is 4.21 Å². The molecular formula is C10H15NO4S2. The van der Waals surface area contributed by atoms with Crippen LogP contribution in [-0.2, 0) is 21.4 Å². The van der Waals surface area contributed by atoms with Crippen LogP contribution < -0.4 is 0 Å². The lowest BCUT2D eigenvalue weighted by Crippen LogP contribution is -2.29. The number of hydrogen-bond donors (Lipinski definition) is 1. The number of nitrogens with zero attached hydrogens (tertiary/aromatic N) is 1. The molecule has 0 aromatic carbocycles. The van der Waals surface area contributed by atoms with Crippen molar-refractivity contribution in [2.45, 2.75) is 23.3 Å². The summed E-state index contributed by atoms with van der Waals surface area (Å²) in [5.74, 6) is 0. The van der Waals surface area contributed by atoms with E-state index in [4.69, 9.17) is 9.84 Å². The predicted molar refractivity (Wildman–Crippen MR) is 64.4 cm³/mol. The standard InChI is InChI=1S/C10H15NO4S2/c1-15-8-4-5-11(6-8)17(13,14)10-3-2-9(7-12)16-10/h2-3,8,12H,4-7H2,1H3. The van der Waals surface area contributed by atoms with Gasteiger partial charge in [0.15, 0.2) is 0 Å². The van der Waals surface area contributed by atoms with Crippen molar-refractivity contribution in [1.82, 2.24) is 4.31 Å². The van der Waals surface area contributed by atoms with Crippen LogP contribution in [-0.4, -0.2) is 44.1 Å². The van der Waals surface area contributed by atoms with Crippen molar-refractivity contribution in [2.24, 2.45) is 0 Å².